The number of carbonyl (C=O) groups is 1. The molecule has 0 spiro atoms. The maximum atomic E-state index is 13.9. The van der Waals surface area contributed by atoms with Crippen molar-refractivity contribution in [3.63, 3.8) is 0 Å². The topological polar surface area (TPSA) is 36.2 Å². The number of Topliss-reactive ketones (excluding diaryl/α,β-unsaturated/α-hetero) is 1. The molecule has 0 saturated heterocycles. The number of carbonyl (C=O) groups excluding carboxylic acids is 1. The lowest BCUT2D eigenvalue weighted by Gasteiger charge is -2.25. The zero-order valence-corrected chi connectivity index (χ0v) is 24.1. The molecule has 0 bridgehead atoms. The van der Waals surface area contributed by atoms with Gasteiger partial charge in [0.05, 0.1) is 28.0 Å². The summed E-state index contributed by atoms with van der Waals surface area (Å²) in [6.45, 7) is 4.24. The first-order valence-electron chi connectivity index (χ1n) is 14.9. The maximum absolute atomic E-state index is 13.9. The van der Waals surface area contributed by atoms with Crippen molar-refractivity contribution in [1.82, 2.24) is 9.13 Å². The molecule has 2 aromatic heterocycles. The molecule has 3 heterocycles. The van der Waals surface area contributed by atoms with E-state index in [9.17, 15) is 4.79 Å². The van der Waals surface area contributed by atoms with Crippen LogP contribution in [0.2, 0.25) is 0 Å². The second-order valence-electron chi connectivity index (χ2n) is 11.1. The third-order valence-electron chi connectivity index (χ3n) is 8.71. The molecule has 1 aliphatic carbocycles. The molecule has 0 amide bonds. The molecule has 0 saturated carbocycles. The van der Waals surface area contributed by atoms with Gasteiger partial charge in [-0.3, -0.25) is 4.79 Å². The molecule has 0 fully saturated rings. The number of ether oxygens (including phenoxy) is 1. The number of hydrogen-bond acceptors (Lipinski definition) is 2. The van der Waals surface area contributed by atoms with Crippen molar-refractivity contribution < 1.29 is 9.53 Å². The van der Waals surface area contributed by atoms with Crippen LogP contribution in [0.25, 0.3) is 50.2 Å². The van der Waals surface area contributed by atoms with E-state index in [2.05, 4.69) is 120 Å². The van der Waals surface area contributed by atoms with Gasteiger partial charge in [0.25, 0.3) is 0 Å². The predicted molar refractivity (Wildman–Crippen MR) is 177 cm³/mol. The number of allylic oxidation sites excluding steroid dienone is 6. The van der Waals surface area contributed by atoms with Crippen molar-refractivity contribution in [2.24, 2.45) is 5.92 Å². The van der Waals surface area contributed by atoms with Crippen LogP contribution >= 0.6 is 0 Å². The molecule has 6 aromatic rings. The van der Waals surface area contributed by atoms with E-state index in [-0.39, 0.29) is 5.78 Å². The van der Waals surface area contributed by atoms with Gasteiger partial charge in [0, 0.05) is 44.9 Å². The highest BCUT2D eigenvalue weighted by Gasteiger charge is 2.33. The summed E-state index contributed by atoms with van der Waals surface area (Å²) in [6.07, 6.45) is 13.2. The fourth-order valence-electron chi connectivity index (χ4n) is 6.83. The van der Waals surface area contributed by atoms with Crippen LogP contribution in [0.4, 0.5) is 0 Å². The first kappa shape index (κ1) is 25.4. The second kappa shape index (κ2) is 9.88. The Bertz CT molecular complexity index is 2180. The van der Waals surface area contributed by atoms with Crippen LogP contribution in [0.5, 0.6) is 5.75 Å². The zero-order valence-electron chi connectivity index (χ0n) is 24.1. The highest BCUT2D eigenvalue weighted by molar-refractivity contribution is 6.11. The predicted octanol–water partition coefficient (Wildman–Crippen LogP) is 9.52. The molecule has 0 radical (unpaired) electrons. The Morgan fingerprint density at radius 2 is 1.44 bits per heavy atom. The van der Waals surface area contributed by atoms with Crippen molar-refractivity contribution >= 4 is 50.3 Å². The minimum atomic E-state index is -0.472. The van der Waals surface area contributed by atoms with Gasteiger partial charge < -0.3 is 13.9 Å². The lowest BCUT2D eigenvalue weighted by Crippen LogP contribution is -2.24. The average molecular weight is 559 g/mol. The van der Waals surface area contributed by atoms with Crippen molar-refractivity contribution in [1.29, 1.82) is 0 Å². The molecule has 1 aliphatic heterocycles. The number of rotatable bonds is 4. The van der Waals surface area contributed by atoms with E-state index in [1.165, 1.54) is 27.4 Å². The maximum Gasteiger partial charge on any atom is 0.181 e. The van der Waals surface area contributed by atoms with Gasteiger partial charge in [-0.2, -0.15) is 0 Å². The lowest BCUT2D eigenvalue weighted by molar-refractivity contribution is 0.0921. The Kier molecular flexibility index (Phi) is 5.83. The molecule has 2 aliphatic rings. The minimum Gasteiger partial charge on any atom is -0.460 e. The molecular weight excluding hydrogens is 528 g/mol. The van der Waals surface area contributed by atoms with E-state index in [1.54, 1.807) is 0 Å². The summed E-state index contributed by atoms with van der Waals surface area (Å²) in [5.41, 5.74) is 8.45. The van der Waals surface area contributed by atoms with Gasteiger partial charge in [-0.1, -0.05) is 79.7 Å². The molecule has 8 rings (SSSR count). The van der Waals surface area contributed by atoms with Crippen LogP contribution in [0.3, 0.4) is 0 Å². The van der Waals surface area contributed by atoms with Gasteiger partial charge >= 0.3 is 0 Å². The van der Waals surface area contributed by atoms with Gasteiger partial charge in [0.15, 0.2) is 5.78 Å². The van der Waals surface area contributed by atoms with Crippen LogP contribution in [0.1, 0.15) is 35.5 Å². The van der Waals surface area contributed by atoms with Gasteiger partial charge in [0.2, 0.25) is 0 Å². The van der Waals surface area contributed by atoms with E-state index < -0.39 is 5.92 Å². The van der Waals surface area contributed by atoms with E-state index in [4.69, 9.17) is 4.74 Å². The summed E-state index contributed by atoms with van der Waals surface area (Å²) in [5, 5.41) is 3.62. The SMILES string of the molecule is C/C=C\c1c(CC)n(-c2ccc3c(c2)OC2=CC=C(n4c5ccccc5c5ccccc54)C=CC2C3=O)c2ccccc12. The Balaban J connectivity index is 1.24. The van der Waals surface area contributed by atoms with E-state index >= 15 is 0 Å². The summed E-state index contributed by atoms with van der Waals surface area (Å²) in [5.74, 6) is 0.818. The number of fused-ring (bicyclic) bond motifs is 6. The Labute approximate surface area is 250 Å². The Morgan fingerprint density at radius 3 is 2.12 bits per heavy atom. The molecule has 208 valence electrons. The fourth-order valence-corrected chi connectivity index (χ4v) is 6.83. The first-order valence-corrected chi connectivity index (χ1v) is 14.9. The molecule has 1 unspecified atom stereocenters. The number of hydrogen-bond donors (Lipinski definition) is 0. The van der Waals surface area contributed by atoms with Gasteiger partial charge in [-0.05, 0) is 61.9 Å². The van der Waals surface area contributed by atoms with E-state index in [1.807, 2.05) is 30.4 Å². The average Bonchev–Trinajstić information content (AvgIpc) is 3.45. The first-order chi connectivity index (χ1) is 21.2. The van der Waals surface area contributed by atoms with Gasteiger partial charge in [0.1, 0.15) is 11.5 Å². The molecule has 0 N–H and O–H groups in total. The highest BCUT2D eigenvalue weighted by atomic mass is 16.5. The Morgan fingerprint density at radius 1 is 0.791 bits per heavy atom. The number of nitrogens with zero attached hydrogens (tertiary/aromatic N) is 2. The summed E-state index contributed by atoms with van der Waals surface area (Å²) < 4.78 is 11.1. The third-order valence-corrected chi connectivity index (χ3v) is 8.71. The van der Waals surface area contributed by atoms with Crippen LogP contribution in [0, 0.1) is 5.92 Å². The highest BCUT2D eigenvalue weighted by Crippen LogP contribution is 2.40. The van der Waals surface area contributed by atoms with Crippen molar-refractivity contribution in [3.8, 4) is 11.4 Å². The van der Waals surface area contributed by atoms with E-state index in [0.29, 0.717) is 17.1 Å². The van der Waals surface area contributed by atoms with Crippen LogP contribution in [-0.4, -0.2) is 14.9 Å². The van der Waals surface area contributed by atoms with Crippen LogP contribution in [0.15, 0.2) is 127 Å². The van der Waals surface area contributed by atoms with Gasteiger partial charge in [-0.15, -0.1) is 0 Å². The van der Waals surface area contributed by atoms with Crippen molar-refractivity contribution in [2.45, 2.75) is 20.3 Å². The smallest absolute Gasteiger partial charge is 0.181 e. The number of benzene rings is 4. The summed E-state index contributed by atoms with van der Waals surface area (Å²) >= 11 is 0. The molecular formula is C39H30N2O2. The molecule has 4 heteroatoms. The van der Waals surface area contributed by atoms with Crippen molar-refractivity contribution in [2.75, 3.05) is 0 Å². The standard InChI is InChI=1S/C39H30N2O2/c1-3-11-27-28-12-5-10-17-36(28)41(33(27)4-2)26-19-22-32-38(24-26)43-37-23-20-25(18-21-31(37)39(32)42)40-34-15-8-6-13-29(34)30-14-7-9-16-35(30)40/h3,5-24,31H,4H2,1-2H3/b11-3-. The molecule has 4 nitrogen and oxygen atoms in total. The summed E-state index contributed by atoms with van der Waals surface area (Å²) in [4.78, 5) is 13.9. The van der Waals surface area contributed by atoms with Gasteiger partial charge in [-0.25, -0.2) is 0 Å². The number of ketones is 1. The van der Waals surface area contributed by atoms with E-state index in [0.717, 1.165) is 34.4 Å². The number of para-hydroxylation sites is 3. The minimum absolute atomic E-state index is 0.0508. The number of aromatic nitrogens is 2. The Hall–Kier alpha value is -5.35. The fraction of sp³-hybridized carbons (Fsp3) is 0.103. The quantitative estimate of drug-likeness (QED) is 0.216. The van der Waals surface area contributed by atoms with Crippen molar-refractivity contribution in [3.05, 3.63) is 144 Å². The second-order valence-corrected chi connectivity index (χ2v) is 11.1. The lowest BCUT2D eigenvalue weighted by atomic mass is 9.92. The molecule has 1 atom stereocenters. The molecule has 4 aromatic carbocycles. The summed E-state index contributed by atoms with van der Waals surface area (Å²) in [7, 11) is 0. The van der Waals surface area contributed by atoms with Crippen LogP contribution in [-0.2, 0) is 6.42 Å². The van der Waals surface area contributed by atoms with Crippen LogP contribution < -0.4 is 4.74 Å². The largest absolute Gasteiger partial charge is 0.460 e. The third kappa shape index (κ3) is 3.80. The summed E-state index contributed by atoms with van der Waals surface area (Å²) in [6, 6.07) is 31.4. The zero-order chi connectivity index (χ0) is 29.1. The monoisotopic (exact) mass is 558 g/mol. The molecule has 43 heavy (non-hydrogen) atoms. The normalized spacial score (nSPS) is 16.3.